The molecule has 0 nitrogen and oxygen atoms in total. The van der Waals surface area contributed by atoms with E-state index in [0.29, 0.717) is 19.3 Å². The number of hydrogen-bond acceptors (Lipinski definition) is 0. The Morgan fingerprint density at radius 1 is 1.00 bits per heavy atom. The maximum Gasteiger partial charge on any atom is 0.244 e. The SMILES string of the molecule is CC.CCCC(CC)(CC)C(F)F. The van der Waals surface area contributed by atoms with Crippen molar-refractivity contribution in [2.45, 2.75) is 66.7 Å². The predicted octanol–water partition coefficient (Wildman–Crippen LogP) is 4.88. The first-order valence-corrected chi connectivity index (χ1v) is 5.41. The molecule has 0 heterocycles. The standard InChI is InChI=1S/C9H18F2.C2H6/c1-4-7-9(5-2,6-3)8(10)11;1-2/h8H,4-7H2,1-3H3;1-2H3. The summed E-state index contributed by atoms with van der Waals surface area (Å²) in [5.74, 6) is 0. The van der Waals surface area contributed by atoms with Crippen LogP contribution in [0.25, 0.3) is 0 Å². The smallest absolute Gasteiger partial charge is 0.210 e. The van der Waals surface area contributed by atoms with E-state index in [0.717, 1.165) is 6.42 Å². The normalized spacial score (nSPS) is 11.1. The Hall–Kier alpha value is -0.140. The van der Waals surface area contributed by atoms with Crippen molar-refractivity contribution in [3.05, 3.63) is 0 Å². The summed E-state index contributed by atoms with van der Waals surface area (Å²) in [5, 5.41) is 0. The van der Waals surface area contributed by atoms with E-state index < -0.39 is 11.8 Å². The van der Waals surface area contributed by atoms with Gasteiger partial charge >= 0.3 is 0 Å². The van der Waals surface area contributed by atoms with Crippen molar-refractivity contribution in [2.24, 2.45) is 5.41 Å². The summed E-state index contributed by atoms with van der Waals surface area (Å²) < 4.78 is 25.1. The van der Waals surface area contributed by atoms with E-state index in [4.69, 9.17) is 0 Å². The topological polar surface area (TPSA) is 0 Å². The van der Waals surface area contributed by atoms with Crippen molar-refractivity contribution in [3.8, 4) is 0 Å². The molecule has 0 aliphatic carbocycles. The Kier molecular flexibility index (Phi) is 9.98. The lowest BCUT2D eigenvalue weighted by atomic mass is 9.79. The number of rotatable bonds is 5. The molecule has 82 valence electrons. The van der Waals surface area contributed by atoms with Crippen molar-refractivity contribution in [3.63, 3.8) is 0 Å². The van der Waals surface area contributed by atoms with Crippen molar-refractivity contribution >= 4 is 0 Å². The minimum atomic E-state index is -2.16. The summed E-state index contributed by atoms with van der Waals surface area (Å²) >= 11 is 0. The molecule has 0 unspecified atom stereocenters. The molecule has 0 aliphatic rings. The average molecular weight is 194 g/mol. The molecule has 0 aromatic rings. The Morgan fingerprint density at radius 2 is 1.38 bits per heavy atom. The first kappa shape index (κ1) is 15.3. The highest BCUT2D eigenvalue weighted by Crippen LogP contribution is 2.38. The lowest BCUT2D eigenvalue weighted by Crippen LogP contribution is -2.27. The molecule has 13 heavy (non-hydrogen) atoms. The third-order valence-corrected chi connectivity index (χ3v) is 2.62. The van der Waals surface area contributed by atoms with Gasteiger partial charge in [-0.05, 0) is 19.3 Å². The summed E-state index contributed by atoms with van der Waals surface area (Å²) in [6.07, 6.45) is 0.533. The van der Waals surface area contributed by atoms with Crippen LogP contribution in [-0.2, 0) is 0 Å². The summed E-state index contributed by atoms with van der Waals surface area (Å²) in [6.45, 7) is 9.67. The Morgan fingerprint density at radius 3 is 1.46 bits per heavy atom. The van der Waals surface area contributed by atoms with Crippen molar-refractivity contribution in [1.82, 2.24) is 0 Å². The van der Waals surface area contributed by atoms with E-state index in [9.17, 15) is 8.78 Å². The molecule has 0 atom stereocenters. The molecule has 0 saturated carbocycles. The van der Waals surface area contributed by atoms with Crippen molar-refractivity contribution in [1.29, 1.82) is 0 Å². The third-order valence-electron chi connectivity index (χ3n) is 2.62. The largest absolute Gasteiger partial charge is 0.244 e. The van der Waals surface area contributed by atoms with Gasteiger partial charge in [0.2, 0.25) is 6.43 Å². The van der Waals surface area contributed by atoms with Gasteiger partial charge in [0.15, 0.2) is 0 Å². The molecule has 0 aromatic carbocycles. The minimum Gasteiger partial charge on any atom is -0.210 e. The van der Waals surface area contributed by atoms with E-state index in [-0.39, 0.29) is 0 Å². The van der Waals surface area contributed by atoms with Crippen LogP contribution in [0.5, 0.6) is 0 Å². The Labute approximate surface area is 81.7 Å². The lowest BCUT2D eigenvalue weighted by Gasteiger charge is -2.30. The zero-order valence-corrected chi connectivity index (χ0v) is 9.66. The molecule has 0 radical (unpaired) electrons. The maximum absolute atomic E-state index is 12.5. The molecular weight excluding hydrogens is 170 g/mol. The van der Waals surface area contributed by atoms with Crippen LogP contribution in [0, 0.1) is 5.41 Å². The fraction of sp³-hybridized carbons (Fsp3) is 1.00. The minimum absolute atomic E-state index is 0.592. The lowest BCUT2D eigenvalue weighted by molar-refractivity contribution is -0.0181. The Balaban J connectivity index is 0. The first-order chi connectivity index (χ1) is 6.13. The van der Waals surface area contributed by atoms with Crippen LogP contribution in [-0.4, -0.2) is 6.43 Å². The monoisotopic (exact) mass is 194 g/mol. The maximum atomic E-state index is 12.5. The van der Waals surface area contributed by atoms with E-state index in [2.05, 4.69) is 0 Å². The van der Waals surface area contributed by atoms with Crippen molar-refractivity contribution in [2.75, 3.05) is 0 Å². The van der Waals surface area contributed by atoms with Gasteiger partial charge in [0.1, 0.15) is 0 Å². The summed E-state index contributed by atoms with van der Waals surface area (Å²) in [7, 11) is 0. The van der Waals surface area contributed by atoms with Gasteiger partial charge in [0.05, 0.1) is 0 Å². The van der Waals surface area contributed by atoms with Crippen LogP contribution in [0.1, 0.15) is 60.3 Å². The van der Waals surface area contributed by atoms with Gasteiger partial charge in [-0.1, -0.05) is 41.0 Å². The third kappa shape index (κ3) is 4.58. The molecule has 2 heteroatoms. The summed E-state index contributed by atoms with van der Waals surface area (Å²) in [6, 6.07) is 0. The molecule has 0 spiro atoms. The number of hydrogen-bond donors (Lipinski definition) is 0. The van der Waals surface area contributed by atoms with Gasteiger partial charge < -0.3 is 0 Å². The van der Waals surface area contributed by atoms with E-state index in [1.54, 1.807) is 0 Å². The van der Waals surface area contributed by atoms with Crippen LogP contribution in [0.2, 0.25) is 0 Å². The van der Waals surface area contributed by atoms with Gasteiger partial charge in [0, 0.05) is 5.41 Å². The average Bonchev–Trinajstić information content (AvgIpc) is 2.17. The number of alkyl halides is 2. The van der Waals surface area contributed by atoms with Gasteiger partial charge in [-0.2, -0.15) is 0 Å². The highest BCUT2D eigenvalue weighted by Gasteiger charge is 2.35. The van der Waals surface area contributed by atoms with Gasteiger partial charge in [0.25, 0.3) is 0 Å². The van der Waals surface area contributed by atoms with Crippen LogP contribution in [0.4, 0.5) is 8.78 Å². The molecule has 0 aliphatic heterocycles. The fourth-order valence-electron chi connectivity index (χ4n) is 1.52. The second-order valence-corrected chi connectivity index (χ2v) is 3.12. The second kappa shape index (κ2) is 8.46. The molecule has 0 bridgehead atoms. The zero-order chi connectivity index (χ0) is 10.9. The molecule has 0 N–H and O–H groups in total. The fourth-order valence-corrected chi connectivity index (χ4v) is 1.52. The van der Waals surface area contributed by atoms with E-state index in [1.807, 2.05) is 34.6 Å². The van der Waals surface area contributed by atoms with Crippen LogP contribution >= 0.6 is 0 Å². The van der Waals surface area contributed by atoms with Crippen LogP contribution in [0.15, 0.2) is 0 Å². The molecule has 0 rings (SSSR count). The van der Waals surface area contributed by atoms with Gasteiger partial charge in [-0.3, -0.25) is 0 Å². The second-order valence-electron chi connectivity index (χ2n) is 3.12. The predicted molar refractivity (Wildman–Crippen MR) is 55.3 cm³/mol. The molecule has 0 aromatic heterocycles. The number of halogens is 2. The highest BCUT2D eigenvalue weighted by atomic mass is 19.3. The van der Waals surface area contributed by atoms with E-state index in [1.165, 1.54) is 0 Å². The zero-order valence-electron chi connectivity index (χ0n) is 9.66. The van der Waals surface area contributed by atoms with E-state index >= 15 is 0 Å². The van der Waals surface area contributed by atoms with Gasteiger partial charge in [-0.15, -0.1) is 0 Å². The Bertz CT molecular complexity index is 96.3. The summed E-state index contributed by atoms with van der Waals surface area (Å²) in [4.78, 5) is 0. The quantitative estimate of drug-likeness (QED) is 0.585. The van der Waals surface area contributed by atoms with Crippen LogP contribution in [0.3, 0.4) is 0 Å². The van der Waals surface area contributed by atoms with Crippen molar-refractivity contribution < 1.29 is 8.78 Å². The first-order valence-electron chi connectivity index (χ1n) is 5.41. The summed E-state index contributed by atoms with van der Waals surface area (Å²) in [5.41, 5.74) is -0.700. The van der Waals surface area contributed by atoms with Gasteiger partial charge in [-0.25, -0.2) is 8.78 Å². The molecule has 0 saturated heterocycles. The molecule has 0 amide bonds. The molecule has 0 fully saturated rings. The highest BCUT2D eigenvalue weighted by molar-refractivity contribution is 4.78. The van der Waals surface area contributed by atoms with Crippen LogP contribution < -0.4 is 0 Å². The molecular formula is C11H24F2.